The van der Waals surface area contributed by atoms with Gasteiger partial charge in [0.05, 0.1) is 5.75 Å². The third-order valence-electron chi connectivity index (χ3n) is 2.40. The third-order valence-corrected chi connectivity index (χ3v) is 4.03. The maximum absolute atomic E-state index is 11.4. The molecule has 0 saturated heterocycles. The second kappa shape index (κ2) is 3.70. The minimum absolute atomic E-state index is 0.0954. The molecule has 1 aromatic carbocycles. The predicted molar refractivity (Wildman–Crippen MR) is 61.5 cm³/mol. The summed E-state index contributed by atoms with van der Waals surface area (Å²) >= 11 is 0. The zero-order valence-electron chi connectivity index (χ0n) is 8.53. The van der Waals surface area contributed by atoms with Crippen molar-refractivity contribution in [3.63, 3.8) is 0 Å². The standard InChI is InChI=1S/C11H13NO2S/c1-2-15(13,14)8-10-7-9-5-3-4-6-11(9)12-10/h3-7,12H,2,8H2,1H3. The average Bonchev–Trinajstić information content (AvgIpc) is 2.58. The van der Waals surface area contributed by atoms with E-state index in [1.54, 1.807) is 6.92 Å². The molecule has 80 valence electrons. The number of rotatable bonds is 3. The Kier molecular flexibility index (Phi) is 2.52. The molecule has 0 aliphatic heterocycles. The van der Waals surface area contributed by atoms with Crippen molar-refractivity contribution in [2.75, 3.05) is 5.75 Å². The molecule has 0 radical (unpaired) electrons. The Morgan fingerprint density at radius 3 is 2.67 bits per heavy atom. The van der Waals surface area contributed by atoms with Gasteiger partial charge in [0, 0.05) is 17.0 Å². The van der Waals surface area contributed by atoms with Crippen LogP contribution in [0.2, 0.25) is 0 Å². The van der Waals surface area contributed by atoms with E-state index in [4.69, 9.17) is 0 Å². The van der Waals surface area contributed by atoms with E-state index in [0.717, 1.165) is 16.6 Å². The largest absolute Gasteiger partial charge is 0.358 e. The van der Waals surface area contributed by atoms with Gasteiger partial charge in [-0.1, -0.05) is 25.1 Å². The molecule has 2 aromatic rings. The Hall–Kier alpha value is -1.29. The molecule has 0 aliphatic carbocycles. The molecular weight excluding hydrogens is 210 g/mol. The van der Waals surface area contributed by atoms with E-state index >= 15 is 0 Å². The van der Waals surface area contributed by atoms with Crippen LogP contribution in [0.3, 0.4) is 0 Å². The van der Waals surface area contributed by atoms with Crippen molar-refractivity contribution in [1.82, 2.24) is 4.98 Å². The summed E-state index contributed by atoms with van der Waals surface area (Å²) in [5, 5.41) is 1.05. The van der Waals surface area contributed by atoms with Gasteiger partial charge in [0.15, 0.2) is 9.84 Å². The van der Waals surface area contributed by atoms with Crippen molar-refractivity contribution in [3.8, 4) is 0 Å². The number of hydrogen-bond donors (Lipinski definition) is 1. The molecule has 1 heterocycles. The lowest BCUT2D eigenvalue weighted by Gasteiger charge is -1.97. The molecule has 0 atom stereocenters. The van der Waals surface area contributed by atoms with Gasteiger partial charge in [0.25, 0.3) is 0 Å². The average molecular weight is 223 g/mol. The number of nitrogens with one attached hydrogen (secondary N) is 1. The van der Waals surface area contributed by atoms with Crippen LogP contribution in [-0.4, -0.2) is 19.2 Å². The topological polar surface area (TPSA) is 49.9 Å². The third kappa shape index (κ3) is 2.21. The highest BCUT2D eigenvalue weighted by atomic mass is 32.2. The Bertz CT molecular complexity index is 536. The number of H-pyrrole nitrogens is 1. The first-order chi connectivity index (χ1) is 7.11. The maximum Gasteiger partial charge on any atom is 0.155 e. The molecule has 2 rings (SSSR count). The van der Waals surface area contributed by atoms with E-state index in [2.05, 4.69) is 4.98 Å². The SMILES string of the molecule is CCS(=O)(=O)Cc1cc2ccccc2[nH]1. The van der Waals surface area contributed by atoms with Gasteiger partial charge >= 0.3 is 0 Å². The number of benzene rings is 1. The number of aromatic amines is 1. The highest BCUT2D eigenvalue weighted by Gasteiger charge is 2.10. The lowest BCUT2D eigenvalue weighted by atomic mass is 10.2. The molecule has 0 aliphatic rings. The van der Waals surface area contributed by atoms with Crippen LogP contribution in [-0.2, 0) is 15.6 Å². The number of hydrogen-bond acceptors (Lipinski definition) is 2. The number of fused-ring (bicyclic) bond motifs is 1. The monoisotopic (exact) mass is 223 g/mol. The fraction of sp³-hybridized carbons (Fsp3) is 0.273. The Morgan fingerprint density at radius 2 is 2.00 bits per heavy atom. The normalized spacial score (nSPS) is 12.1. The second-order valence-electron chi connectivity index (χ2n) is 3.56. The van der Waals surface area contributed by atoms with Crippen molar-refractivity contribution in [2.24, 2.45) is 0 Å². The summed E-state index contributed by atoms with van der Waals surface area (Å²) < 4.78 is 22.9. The van der Waals surface area contributed by atoms with Gasteiger partial charge in [-0.05, 0) is 17.5 Å². The molecule has 3 nitrogen and oxygen atoms in total. The minimum Gasteiger partial charge on any atom is -0.358 e. The van der Waals surface area contributed by atoms with E-state index in [1.807, 2.05) is 30.3 Å². The molecular formula is C11H13NO2S. The van der Waals surface area contributed by atoms with Crippen molar-refractivity contribution < 1.29 is 8.42 Å². The summed E-state index contributed by atoms with van der Waals surface area (Å²) in [5.74, 6) is 0.278. The van der Waals surface area contributed by atoms with Crippen LogP contribution >= 0.6 is 0 Å². The highest BCUT2D eigenvalue weighted by molar-refractivity contribution is 7.90. The number of aromatic nitrogens is 1. The van der Waals surface area contributed by atoms with Gasteiger partial charge in [-0.25, -0.2) is 8.42 Å². The Morgan fingerprint density at radius 1 is 1.27 bits per heavy atom. The van der Waals surface area contributed by atoms with Gasteiger partial charge in [-0.15, -0.1) is 0 Å². The first kappa shape index (κ1) is 10.2. The van der Waals surface area contributed by atoms with Crippen molar-refractivity contribution in [3.05, 3.63) is 36.0 Å². The molecule has 4 heteroatoms. The van der Waals surface area contributed by atoms with Crippen LogP contribution in [0.5, 0.6) is 0 Å². The Balaban J connectivity index is 2.38. The summed E-state index contributed by atoms with van der Waals surface area (Å²) in [6.07, 6.45) is 0. The lowest BCUT2D eigenvalue weighted by Crippen LogP contribution is -2.06. The van der Waals surface area contributed by atoms with Crippen molar-refractivity contribution in [2.45, 2.75) is 12.7 Å². The summed E-state index contributed by atoms with van der Waals surface area (Å²) in [4.78, 5) is 3.11. The number of sulfone groups is 1. The summed E-state index contributed by atoms with van der Waals surface area (Å²) in [7, 11) is -2.95. The van der Waals surface area contributed by atoms with Crippen LogP contribution in [0.1, 0.15) is 12.6 Å². The highest BCUT2D eigenvalue weighted by Crippen LogP contribution is 2.16. The molecule has 1 aromatic heterocycles. The second-order valence-corrected chi connectivity index (χ2v) is 5.91. The first-order valence-electron chi connectivity index (χ1n) is 4.88. The molecule has 15 heavy (non-hydrogen) atoms. The van der Waals surface area contributed by atoms with E-state index in [9.17, 15) is 8.42 Å². The van der Waals surface area contributed by atoms with Crippen LogP contribution in [0.15, 0.2) is 30.3 Å². The summed E-state index contributed by atoms with van der Waals surface area (Å²) in [5.41, 5.74) is 1.75. The lowest BCUT2D eigenvalue weighted by molar-refractivity contribution is 0.596. The number of para-hydroxylation sites is 1. The predicted octanol–water partition coefficient (Wildman–Crippen LogP) is 2.10. The minimum atomic E-state index is -2.95. The molecule has 1 N–H and O–H groups in total. The molecule has 0 fully saturated rings. The van der Waals surface area contributed by atoms with Gasteiger partial charge in [0.1, 0.15) is 0 Å². The van der Waals surface area contributed by atoms with Crippen LogP contribution < -0.4 is 0 Å². The van der Waals surface area contributed by atoms with Crippen LogP contribution in [0.25, 0.3) is 10.9 Å². The fourth-order valence-electron chi connectivity index (χ4n) is 1.55. The van der Waals surface area contributed by atoms with E-state index in [-0.39, 0.29) is 11.5 Å². The summed E-state index contributed by atoms with van der Waals surface area (Å²) in [6.45, 7) is 1.66. The van der Waals surface area contributed by atoms with Gasteiger partial charge in [-0.2, -0.15) is 0 Å². The van der Waals surface area contributed by atoms with Crippen LogP contribution in [0.4, 0.5) is 0 Å². The smallest absolute Gasteiger partial charge is 0.155 e. The molecule has 0 amide bonds. The van der Waals surface area contributed by atoms with Crippen LogP contribution in [0, 0.1) is 0 Å². The van der Waals surface area contributed by atoms with E-state index < -0.39 is 9.84 Å². The molecule has 0 bridgehead atoms. The molecule has 0 unspecified atom stereocenters. The molecule has 0 saturated carbocycles. The molecule has 0 spiro atoms. The van der Waals surface area contributed by atoms with Crippen molar-refractivity contribution in [1.29, 1.82) is 0 Å². The van der Waals surface area contributed by atoms with Gasteiger partial charge in [0.2, 0.25) is 0 Å². The zero-order chi connectivity index (χ0) is 10.9. The van der Waals surface area contributed by atoms with Gasteiger partial charge in [-0.3, -0.25) is 0 Å². The Labute approximate surface area is 89.0 Å². The fourth-order valence-corrected chi connectivity index (χ4v) is 2.38. The van der Waals surface area contributed by atoms with E-state index in [1.165, 1.54) is 0 Å². The summed E-state index contributed by atoms with van der Waals surface area (Å²) in [6, 6.07) is 9.67. The van der Waals surface area contributed by atoms with Crippen molar-refractivity contribution >= 4 is 20.7 Å². The first-order valence-corrected chi connectivity index (χ1v) is 6.70. The van der Waals surface area contributed by atoms with E-state index in [0.29, 0.717) is 0 Å². The zero-order valence-corrected chi connectivity index (χ0v) is 9.34. The van der Waals surface area contributed by atoms with Gasteiger partial charge < -0.3 is 4.98 Å². The maximum atomic E-state index is 11.4. The quantitative estimate of drug-likeness (QED) is 0.866.